The number of ketones is 1. The Morgan fingerprint density at radius 3 is 2.57 bits per heavy atom. The van der Waals surface area contributed by atoms with Crippen LogP contribution in [0.3, 0.4) is 0 Å². The molecule has 0 saturated heterocycles. The molecule has 6 heteroatoms. The first-order chi connectivity index (χ1) is 10.0. The predicted molar refractivity (Wildman–Crippen MR) is 71.2 cm³/mol. The number of aromatic amines is 1. The van der Waals surface area contributed by atoms with Crippen molar-refractivity contribution in [1.29, 1.82) is 0 Å². The lowest BCUT2D eigenvalue weighted by molar-refractivity contribution is 0.0990. The molecule has 0 radical (unpaired) electrons. The average Bonchev–Trinajstić information content (AvgIpc) is 2.81. The number of carbonyl (C=O) groups excluding carboxylic acids is 1. The molecule has 1 N–H and O–H groups in total. The summed E-state index contributed by atoms with van der Waals surface area (Å²) >= 11 is 0. The third-order valence-electron chi connectivity index (χ3n) is 3.14. The number of benzene rings is 2. The SMILES string of the molecule is O=C(Cc1c(F)cccc1F)c1ccc2[nH]c(=O)oc2c1. The molecule has 4 nitrogen and oxygen atoms in total. The normalized spacial score (nSPS) is 11.0. The molecule has 0 bridgehead atoms. The van der Waals surface area contributed by atoms with E-state index < -0.39 is 29.6 Å². The summed E-state index contributed by atoms with van der Waals surface area (Å²) in [6.07, 6.45) is -0.404. The summed E-state index contributed by atoms with van der Waals surface area (Å²) in [6, 6.07) is 7.77. The summed E-state index contributed by atoms with van der Waals surface area (Å²) < 4.78 is 31.9. The molecule has 0 aliphatic rings. The largest absolute Gasteiger partial charge is 0.417 e. The second-order valence-corrected chi connectivity index (χ2v) is 4.53. The van der Waals surface area contributed by atoms with Crippen molar-refractivity contribution >= 4 is 16.9 Å². The van der Waals surface area contributed by atoms with E-state index in [1.165, 1.54) is 24.3 Å². The lowest BCUT2D eigenvalue weighted by Gasteiger charge is -2.04. The van der Waals surface area contributed by atoms with E-state index in [9.17, 15) is 18.4 Å². The Morgan fingerprint density at radius 2 is 1.86 bits per heavy atom. The van der Waals surface area contributed by atoms with Crippen molar-refractivity contribution in [2.45, 2.75) is 6.42 Å². The van der Waals surface area contributed by atoms with Crippen molar-refractivity contribution < 1.29 is 18.0 Å². The fraction of sp³-hybridized carbons (Fsp3) is 0.0667. The topological polar surface area (TPSA) is 63.1 Å². The summed E-state index contributed by atoms with van der Waals surface area (Å²) in [5, 5.41) is 0. The number of carbonyl (C=O) groups is 1. The van der Waals surface area contributed by atoms with Crippen LogP contribution in [-0.4, -0.2) is 10.8 Å². The molecular weight excluding hydrogens is 280 g/mol. The van der Waals surface area contributed by atoms with Gasteiger partial charge in [0.15, 0.2) is 11.4 Å². The zero-order valence-electron chi connectivity index (χ0n) is 10.7. The summed E-state index contributed by atoms with van der Waals surface area (Å²) in [5.41, 5.74) is 0.611. The molecule has 2 aromatic carbocycles. The minimum Gasteiger partial charge on any atom is -0.408 e. The Morgan fingerprint density at radius 1 is 1.14 bits per heavy atom. The molecule has 0 atom stereocenters. The van der Waals surface area contributed by atoms with E-state index in [0.29, 0.717) is 5.52 Å². The van der Waals surface area contributed by atoms with E-state index in [2.05, 4.69) is 4.98 Å². The number of nitrogens with one attached hydrogen (secondary N) is 1. The van der Waals surface area contributed by atoms with Crippen LogP contribution in [0.4, 0.5) is 8.78 Å². The lowest BCUT2D eigenvalue weighted by atomic mass is 10.0. The fourth-order valence-corrected chi connectivity index (χ4v) is 2.08. The monoisotopic (exact) mass is 289 g/mol. The molecule has 3 rings (SSSR count). The molecule has 0 aliphatic heterocycles. The molecule has 3 aromatic rings. The molecule has 0 spiro atoms. The van der Waals surface area contributed by atoms with Gasteiger partial charge in [-0.1, -0.05) is 6.07 Å². The number of aromatic nitrogens is 1. The van der Waals surface area contributed by atoms with Gasteiger partial charge < -0.3 is 4.42 Å². The first-order valence-corrected chi connectivity index (χ1v) is 6.13. The van der Waals surface area contributed by atoms with Crippen LogP contribution in [0.2, 0.25) is 0 Å². The number of rotatable bonds is 3. The predicted octanol–water partition coefficient (Wildman–Crippen LogP) is 2.82. The van der Waals surface area contributed by atoms with Gasteiger partial charge in [-0.15, -0.1) is 0 Å². The molecule has 1 heterocycles. The number of H-pyrrole nitrogens is 1. The average molecular weight is 289 g/mol. The van der Waals surface area contributed by atoms with Crippen LogP contribution in [0, 0.1) is 11.6 Å². The standard InChI is InChI=1S/C15H9F2NO3/c16-10-2-1-3-11(17)9(10)7-13(19)8-4-5-12-14(6-8)21-15(20)18-12/h1-6H,7H2,(H,18,20). The Balaban J connectivity index is 1.95. The number of Topliss-reactive ketones (excluding diaryl/α,β-unsaturated/α-hetero) is 1. The van der Waals surface area contributed by atoms with Crippen LogP contribution in [0.1, 0.15) is 15.9 Å². The van der Waals surface area contributed by atoms with Gasteiger partial charge in [0.05, 0.1) is 5.52 Å². The van der Waals surface area contributed by atoms with Crippen molar-refractivity contribution in [2.24, 2.45) is 0 Å². The lowest BCUT2D eigenvalue weighted by Crippen LogP contribution is -2.07. The van der Waals surface area contributed by atoms with Crippen molar-refractivity contribution in [3.05, 3.63) is 69.7 Å². The smallest absolute Gasteiger partial charge is 0.408 e. The number of oxazole rings is 1. The van der Waals surface area contributed by atoms with Gasteiger partial charge in [-0.3, -0.25) is 9.78 Å². The summed E-state index contributed by atoms with van der Waals surface area (Å²) in [6.45, 7) is 0. The molecule has 21 heavy (non-hydrogen) atoms. The third kappa shape index (κ3) is 2.47. The maximum Gasteiger partial charge on any atom is 0.417 e. The highest BCUT2D eigenvalue weighted by Gasteiger charge is 2.15. The minimum atomic E-state index is -0.766. The molecular formula is C15H9F2NO3. The van der Waals surface area contributed by atoms with E-state index in [1.54, 1.807) is 0 Å². The van der Waals surface area contributed by atoms with Crippen molar-refractivity contribution in [2.75, 3.05) is 0 Å². The fourth-order valence-electron chi connectivity index (χ4n) is 2.08. The number of hydrogen-bond donors (Lipinski definition) is 1. The first kappa shape index (κ1) is 13.2. The van der Waals surface area contributed by atoms with Gasteiger partial charge in [0.1, 0.15) is 11.6 Å². The quantitative estimate of drug-likeness (QED) is 0.754. The minimum absolute atomic E-state index is 0.216. The zero-order valence-corrected chi connectivity index (χ0v) is 10.7. The summed E-state index contributed by atoms with van der Waals surface area (Å²) in [7, 11) is 0. The molecule has 0 fully saturated rings. The Bertz CT molecular complexity index is 875. The maximum absolute atomic E-state index is 13.5. The van der Waals surface area contributed by atoms with E-state index in [4.69, 9.17) is 4.42 Å². The van der Waals surface area contributed by atoms with E-state index in [0.717, 1.165) is 12.1 Å². The summed E-state index contributed by atoms with van der Waals surface area (Å²) in [5.74, 6) is -2.63. The highest BCUT2D eigenvalue weighted by molar-refractivity contribution is 5.99. The molecule has 106 valence electrons. The molecule has 0 aliphatic carbocycles. The van der Waals surface area contributed by atoms with Gasteiger partial charge in [-0.2, -0.15) is 0 Å². The van der Waals surface area contributed by atoms with Crippen molar-refractivity contribution in [3.8, 4) is 0 Å². The van der Waals surface area contributed by atoms with E-state index in [1.807, 2.05) is 0 Å². The molecule has 0 saturated carbocycles. The third-order valence-corrected chi connectivity index (χ3v) is 3.14. The highest BCUT2D eigenvalue weighted by atomic mass is 19.1. The zero-order chi connectivity index (χ0) is 15.0. The summed E-state index contributed by atoms with van der Waals surface area (Å²) in [4.78, 5) is 25.6. The second kappa shape index (κ2) is 4.97. The van der Waals surface area contributed by atoms with Gasteiger partial charge in [0.25, 0.3) is 0 Å². The molecule has 0 unspecified atom stereocenters. The van der Waals surface area contributed by atoms with Crippen LogP contribution in [0.15, 0.2) is 45.6 Å². The van der Waals surface area contributed by atoms with Crippen LogP contribution >= 0.6 is 0 Å². The van der Waals surface area contributed by atoms with Crippen LogP contribution in [0.25, 0.3) is 11.1 Å². The van der Waals surface area contributed by atoms with Gasteiger partial charge in [-0.05, 0) is 30.3 Å². The Kier molecular flexibility index (Phi) is 3.13. The molecule has 1 aromatic heterocycles. The van der Waals surface area contributed by atoms with E-state index in [-0.39, 0.29) is 16.7 Å². The highest BCUT2D eigenvalue weighted by Crippen LogP contribution is 2.17. The van der Waals surface area contributed by atoms with Gasteiger partial charge in [0.2, 0.25) is 0 Å². The van der Waals surface area contributed by atoms with E-state index >= 15 is 0 Å². The Labute approximate surface area is 117 Å². The number of fused-ring (bicyclic) bond motifs is 1. The number of halogens is 2. The Hall–Kier alpha value is -2.76. The second-order valence-electron chi connectivity index (χ2n) is 4.53. The van der Waals surface area contributed by atoms with Crippen LogP contribution < -0.4 is 5.76 Å². The molecule has 0 amide bonds. The van der Waals surface area contributed by atoms with Crippen LogP contribution in [0.5, 0.6) is 0 Å². The van der Waals surface area contributed by atoms with Gasteiger partial charge in [-0.25, -0.2) is 13.6 Å². The van der Waals surface area contributed by atoms with Gasteiger partial charge in [0, 0.05) is 17.5 Å². The van der Waals surface area contributed by atoms with Crippen molar-refractivity contribution in [1.82, 2.24) is 4.98 Å². The van der Waals surface area contributed by atoms with Crippen molar-refractivity contribution in [3.63, 3.8) is 0 Å². The maximum atomic E-state index is 13.5. The first-order valence-electron chi connectivity index (χ1n) is 6.13. The number of hydrogen-bond acceptors (Lipinski definition) is 3. The van der Waals surface area contributed by atoms with Crippen LogP contribution in [-0.2, 0) is 6.42 Å². The van der Waals surface area contributed by atoms with Gasteiger partial charge >= 0.3 is 5.76 Å².